The summed E-state index contributed by atoms with van der Waals surface area (Å²) in [6.45, 7) is 1.92. The summed E-state index contributed by atoms with van der Waals surface area (Å²) >= 11 is 0. The molecule has 0 aliphatic carbocycles. The van der Waals surface area contributed by atoms with Crippen LogP contribution in [0, 0.1) is 17.0 Å². The molecule has 2 heterocycles. The van der Waals surface area contributed by atoms with E-state index >= 15 is 0 Å². The van der Waals surface area contributed by atoms with Crippen LogP contribution in [0.3, 0.4) is 0 Å². The average Bonchev–Trinajstić information content (AvgIpc) is 2.85. The summed E-state index contributed by atoms with van der Waals surface area (Å²) < 4.78 is 5.02. The van der Waals surface area contributed by atoms with Crippen molar-refractivity contribution < 1.29 is 9.45 Å². The molecule has 2 rings (SSSR count). The van der Waals surface area contributed by atoms with Gasteiger partial charge in [-0.05, 0) is 18.1 Å². The number of rotatable bonds is 5. The monoisotopic (exact) mass is 278 g/mol. The summed E-state index contributed by atoms with van der Waals surface area (Å²) in [5.41, 5.74) is 0.584. The van der Waals surface area contributed by atoms with Crippen molar-refractivity contribution in [1.29, 1.82) is 0 Å². The Morgan fingerprint density at radius 3 is 2.75 bits per heavy atom. The zero-order valence-corrected chi connectivity index (χ0v) is 11.3. The molecule has 0 fully saturated rings. The molecule has 1 N–H and O–H groups in total. The third-order valence-corrected chi connectivity index (χ3v) is 2.47. The molecule has 0 aliphatic heterocycles. The molecule has 0 amide bonds. The Kier molecular flexibility index (Phi) is 3.78. The van der Waals surface area contributed by atoms with E-state index in [9.17, 15) is 10.1 Å². The topological polar surface area (TPSA) is 110 Å². The van der Waals surface area contributed by atoms with E-state index in [1.54, 1.807) is 32.0 Å². The molecule has 2 aromatic rings. The Morgan fingerprint density at radius 1 is 1.40 bits per heavy atom. The molecular weight excluding hydrogens is 264 g/mol. The van der Waals surface area contributed by atoms with E-state index in [2.05, 4.69) is 20.4 Å². The van der Waals surface area contributed by atoms with Gasteiger partial charge in [-0.15, -0.1) is 0 Å². The van der Waals surface area contributed by atoms with E-state index in [0.29, 0.717) is 17.5 Å². The van der Waals surface area contributed by atoms with Crippen molar-refractivity contribution in [3.8, 4) is 0 Å². The lowest BCUT2D eigenvalue weighted by molar-refractivity contribution is -0.384. The van der Waals surface area contributed by atoms with Crippen molar-refractivity contribution in [1.82, 2.24) is 15.1 Å². The maximum atomic E-state index is 10.9. The number of pyridine rings is 1. The molecule has 0 aromatic carbocycles. The van der Waals surface area contributed by atoms with Crippen molar-refractivity contribution in [2.75, 3.05) is 24.3 Å². The molecule has 0 radical (unpaired) electrons. The van der Waals surface area contributed by atoms with E-state index in [4.69, 9.17) is 4.52 Å². The highest BCUT2D eigenvalue weighted by atomic mass is 16.6. The first kappa shape index (κ1) is 13.7. The largest absolute Gasteiger partial charge is 0.355 e. The molecule has 0 bridgehead atoms. The smallest absolute Gasteiger partial charge is 0.311 e. The Hall–Kier alpha value is -2.71. The summed E-state index contributed by atoms with van der Waals surface area (Å²) in [6.07, 6.45) is 0. The molecule has 0 saturated carbocycles. The van der Waals surface area contributed by atoms with E-state index < -0.39 is 4.92 Å². The number of hydrogen-bond donors (Lipinski definition) is 1. The highest BCUT2D eigenvalue weighted by Crippen LogP contribution is 2.22. The minimum Gasteiger partial charge on any atom is -0.355 e. The lowest BCUT2D eigenvalue weighted by Gasteiger charge is -2.04. The molecule has 2 aromatic heterocycles. The lowest BCUT2D eigenvalue weighted by atomic mass is 10.3. The minimum absolute atomic E-state index is 0.0945. The van der Waals surface area contributed by atoms with E-state index in [0.717, 1.165) is 0 Å². The van der Waals surface area contributed by atoms with E-state index in [-0.39, 0.29) is 18.1 Å². The van der Waals surface area contributed by atoms with Crippen LogP contribution in [0.15, 0.2) is 16.7 Å². The van der Waals surface area contributed by atoms with Crippen LogP contribution >= 0.6 is 0 Å². The second-order valence-corrected chi connectivity index (χ2v) is 4.31. The molecule has 0 unspecified atom stereocenters. The zero-order chi connectivity index (χ0) is 14.7. The fourth-order valence-electron chi connectivity index (χ4n) is 1.49. The SMILES string of the molecule is Cc1ccc([N+](=O)[O-])c(NCc2nc(N(C)C)no2)n1. The van der Waals surface area contributed by atoms with Gasteiger partial charge in [-0.1, -0.05) is 0 Å². The van der Waals surface area contributed by atoms with Crippen LogP contribution in [-0.4, -0.2) is 34.1 Å². The first-order chi connectivity index (χ1) is 9.47. The van der Waals surface area contributed by atoms with E-state index in [1.165, 1.54) is 6.07 Å². The molecule has 0 atom stereocenters. The number of anilines is 2. The van der Waals surface area contributed by atoms with Crippen LogP contribution in [-0.2, 0) is 6.54 Å². The zero-order valence-electron chi connectivity index (χ0n) is 11.3. The molecule has 106 valence electrons. The molecule has 0 aliphatic rings. The Morgan fingerprint density at radius 2 is 2.15 bits per heavy atom. The van der Waals surface area contributed by atoms with Gasteiger partial charge in [-0.25, -0.2) is 4.98 Å². The summed E-state index contributed by atoms with van der Waals surface area (Å²) in [6, 6.07) is 2.99. The summed E-state index contributed by atoms with van der Waals surface area (Å²) in [7, 11) is 3.57. The number of nitrogens with one attached hydrogen (secondary N) is 1. The van der Waals surface area contributed by atoms with Crippen LogP contribution < -0.4 is 10.2 Å². The van der Waals surface area contributed by atoms with Crippen molar-refractivity contribution in [3.63, 3.8) is 0 Å². The predicted molar refractivity (Wildman–Crippen MR) is 71.6 cm³/mol. The maximum absolute atomic E-state index is 10.9. The molecular formula is C11H14N6O3. The standard InChI is InChI=1S/C11H14N6O3/c1-7-4-5-8(17(18)19)10(13-7)12-6-9-14-11(15-20-9)16(2)3/h4-5H,6H2,1-3H3,(H,12,13). The van der Waals surface area contributed by atoms with Crippen molar-refractivity contribution in [2.24, 2.45) is 0 Å². The second kappa shape index (κ2) is 5.51. The number of hydrogen-bond acceptors (Lipinski definition) is 8. The number of aryl methyl sites for hydroxylation is 1. The van der Waals surface area contributed by atoms with Gasteiger partial charge in [0, 0.05) is 25.9 Å². The molecule has 9 heteroatoms. The maximum Gasteiger partial charge on any atom is 0.311 e. The van der Waals surface area contributed by atoms with Gasteiger partial charge in [0.15, 0.2) is 0 Å². The third-order valence-electron chi connectivity index (χ3n) is 2.47. The first-order valence-corrected chi connectivity index (χ1v) is 5.83. The molecule has 0 spiro atoms. The molecule has 20 heavy (non-hydrogen) atoms. The van der Waals surface area contributed by atoms with Gasteiger partial charge in [0.25, 0.3) is 5.95 Å². The normalized spacial score (nSPS) is 10.3. The van der Waals surface area contributed by atoms with E-state index in [1.807, 2.05) is 0 Å². The summed E-state index contributed by atoms with van der Waals surface area (Å²) in [4.78, 5) is 20.3. The highest BCUT2D eigenvalue weighted by Gasteiger charge is 2.16. The van der Waals surface area contributed by atoms with Crippen LogP contribution in [0.5, 0.6) is 0 Å². The summed E-state index contributed by atoms with van der Waals surface area (Å²) in [5.74, 6) is 0.944. The van der Waals surface area contributed by atoms with Crippen molar-refractivity contribution in [2.45, 2.75) is 13.5 Å². The summed E-state index contributed by atoms with van der Waals surface area (Å²) in [5, 5.41) is 17.5. The Bertz CT molecular complexity index is 624. The van der Waals surface area contributed by atoms with Gasteiger partial charge in [-0.2, -0.15) is 4.98 Å². The van der Waals surface area contributed by atoms with Crippen LogP contribution in [0.25, 0.3) is 0 Å². The van der Waals surface area contributed by atoms with Gasteiger partial charge < -0.3 is 14.7 Å². The molecule has 9 nitrogen and oxygen atoms in total. The minimum atomic E-state index is -0.492. The van der Waals surface area contributed by atoms with Gasteiger partial charge in [0.2, 0.25) is 11.7 Å². The molecule has 0 saturated heterocycles. The number of aromatic nitrogens is 3. The number of nitro groups is 1. The van der Waals surface area contributed by atoms with Crippen molar-refractivity contribution >= 4 is 17.5 Å². The highest BCUT2D eigenvalue weighted by molar-refractivity contribution is 5.56. The lowest BCUT2D eigenvalue weighted by Crippen LogP contribution is -2.10. The first-order valence-electron chi connectivity index (χ1n) is 5.83. The fraction of sp³-hybridized carbons (Fsp3) is 0.364. The third kappa shape index (κ3) is 2.99. The van der Waals surface area contributed by atoms with Gasteiger partial charge >= 0.3 is 5.69 Å². The van der Waals surface area contributed by atoms with Gasteiger partial charge in [0.1, 0.15) is 0 Å². The van der Waals surface area contributed by atoms with Crippen LogP contribution in [0.2, 0.25) is 0 Å². The van der Waals surface area contributed by atoms with Crippen LogP contribution in [0.1, 0.15) is 11.6 Å². The van der Waals surface area contributed by atoms with Gasteiger partial charge in [-0.3, -0.25) is 10.1 Å². The quantitative estimate of drug-likeness (QED) is 0.644. The van der Waals surface area contributed by atoms with Crippen LogP contribution in [0.4, 0.5) is 17.5 Å². The average molecular weight is 278 g/mol. The Labute approximate surface area is 114 Å². The van der Waals surface area contributed by atoms with Gasteiger partial charge in [0.05, 0.1) is 11.5 Å². The second-order valence-electron chi connectivity index (χ2n) is 4.31. The predicted octanol–water partition coefficient (Wildman–Crippen LogP) is 1.36. The van der Waals surface area contributed by atoms with Crippen molar-refractivity contribution in [3.05, 3.63) is 33.8 Å². The fourth-order valence-corrected chi connectivity index (χ4v) is 1.49. The number of nitrogens with zero attached hydrogens (tertiary/aromatic N) is 5. The Balaban J connectivity index is 2.13.